The van der Waals surface area contributed by atoms with Crippen LogP contribution in [0.5, 0.6) is 0 Å². The maximum atomic E-state index is 12.9. The summed E-state index contributed by atoms with van der Waals surface area (Å²) in [5.74, 6) is -0.118. The predicted molar refractivity (Wildman–Crippen MR) is 131 cm³/mol. The molecule has 0 aliphatic heterocycles. The number of benzene rings is 2. The van der Waals surface area contributed by atoms with E-state index in [-0.39, 0.29) is 11.8 Å². The molecule has 33 heavy (non-hydrogen) atoms. The zero-order valence-electron chi connectivity index (χ0n) is 19.5. The third-order valence-corrected chi connectivity index (χ3v) is 5.01. The predicted octanol–water partition coefficient (Wildman–Crippen LogP) is 4.27. The molecule has 1 heterocycles. The van der Waals surface area contributed by atoms with Crippen molar-refractivity contribution in [2.45, 2.75) is 47.2 Å². The van der Waals surface area contributed by atoms with Crippen LogP contribution in [-0.2, 0) is 17.9 Å². The van der Waals surface area contributed by atoms with Gasteiger partial charge in [-0.25, -0.2) is 4.99 Å². The Balaban J connectivity index is 1.80. The standard InChI is InChI=1S/C25H30N6O2/c1-5-14-31-16-21(18(3)30-31)15-26-25(28-23-9-7-6-8-17(23)2)29-24(33)20-10-12-22(13-11-20)27-19(4)32/h6-13,16H,5,14-15H2,1-4H3,(H,27,32)(H2,26,28,29,33). The van der Waals surface area contributed by atoms with Crippen molar-refractivity contribution >= 4 is 29.1 Å². The Morgan fingerprint density at radius 2 is 1.76 bits per heavy atom. The Hall–Kier alpha value is -3.94. The van der Waals surface area contributed by atoms with Crippen LogP contribution in [0.4, 0.5) is 11.4 Å². The summed E-state index contributed by atoms with van der Waals surface area (Å²) >= 11 is 0. The van der Waals surface area contributed by atoms with Crippen LogP contribution in [-0.4, -0.2) is 27.6 Å². The van der Waals surface area contributed by atoms with Gasteiger partial charge in [-0.05, 0) is 56.2 Å². The van der Waals surface area contributed by atoms with Gasteiger partial charge in [-0.2, -0.15) is 5.10 Å². The zero-order valence-corrected chi connectivity index (χ0v) is 19.5. The van der Waals surface area contributed by atoms with Crippen molar-refractivity contribution in [3.8, 4) is 0 Å². The fraction of sp³-hybridized carbons (Fsp3) is 0.280. The van der Waals surface area contributed by atoms with Gasteiger partial charge in [-0.3, -0.25) is 19.6 Å². The first-order valence-corrected chi connectivity index (χ1v) is 10.9. The maximum absolute atomic E-state index is 12.9. The first-order chi connectivity index (χ1) is 15.9. The molecule has 1 aromatic heterocycles. The average molecular weight is 447 g/mol. The zero-order chi connectivity index (χ0) is 23.8. The van der Waals surface area contributed by atoms with E-state index in [1.54, 1.807) is 24.3 Å². The number of aromatic nitrogens is 2. The van der Waals surface area contributed by atoms with E-state index in [1.807, 2.05) is 49.0 Å². The molecule has 0 fully saturated rings. The monoisotopic (exact) mass is 446 g/mol. The summed E-state index contributed by atoms with van der Waals surface area (Å²) in [7, 11) is 0. The minimum absolute atomic E-state index is 0.165. The lowest BCUT2D eigenvalue weighted by Gasteiger charge is -2.14. The number of anilines is 2. The van der Waals surface area contributed by atoms with E-state index in [4.69, 9.17) is 0 Å². The lowest BCUT2D eigenvalue weighted by Crippen LogP contribution is -2.36. The van der Waals surface area contributed by atoms with Crippen LogP contribution in [0.25, 0.3) is 0 Å². The smallest absolute Gasteiger partial charge is 0.257 e. The highest BCUT2D eigenvalue weighted by Gasteiger charge is 2.12. The van der Waals surface area contributed by atoms with Crippen molar-refractivity contribution in [1.82, 2.24) is 15.1 Å². The van der Waals surface area contributed by atoms with E-state index in [2.05, 4.69) is 33.0 Å². The Morgan fingerprint density at radius 1 is 1.03 bits per heavy atom. The molecule has 0 aliphatic carbocycles. The second kappa shape index (κ2) is 11.1. The van der Waals surface area contributed by atoms with E-state index in [0.29, 0.717) is 23.8 Å². The molecule has 172 valence electrons. The summed E-state index contributed by atoms with van der Waals surface area (Å²) in [4.78, 5) is 28.8. The van der Waals surface area contributed by atoms with E-state index in [9.17, 15) is 9.59 Å². The van der Waals surface area contributed by atoms with Gasteiger partial charge in [0.25, 0.3) is 5.91 Å². The van der Waals surface area contributed by atoms with Crippen LogP contribution in [0, 0.1) is 13.8 Å². The highest BCUT2D eigenvalue weighted by atomic mass is 16.2. The number of para-hydroxylation sites is 1. The second-order valence-electron chi connectivity index (χ2n) is 7.82. The van der Waals surface area contributed by atoms with Gasteiger partial charge in [-0.1, -0.05) is 25.1 Å². The SMILES string of the molecule is CCCn1cc(CN=C(NC(=O)c2ccc(NC(C)=O)cc2)Nc2ccccc2C)c(C)n1. The normalized spacial score (nSPS) is 11.2. The van der Waals surface area contributed by atoms with Gasteiger partial charge < -0.3 is 10.6 Å². The maximum Gasteiger partial charge on any atom is 0.257 e. The van der Waals surface area contributed by atoms with Gasteiger partial charge >= 0.3 is 0 Å². The van der Waals surface area contributed by atoms with E-state index >= 15 is 0 Å². The number of hydrogen-bond acceptors (Lipinski definition) is 4. The molecule has 0 atom stereocenters. The fourth-order valence-corrected chi connectivity index (χ4v) is 3.26. The molecule has 0 aliphatic rings. The number of amides is 2. The van der Waals surface area contributed by atoms with Crippen molar-refractivity contribution in [3.63, 3.8) is 0 Å². The number of carbonyl (C=O) groups is 2. The molecule has 3 rings (SSSR count). The molecule has 2 aromatic carbocycles. The molecule has 2 amide bonds. The highest BCUT2D eigenvalue weighted by molar-refractivity contribution is 6.10. The molecule has 3 aromatic rings. The third kappa shape index (κ3) is 6.77. The lowest BCUT2D eigenvalue weighted by molar-refractivity contribution is -0.114. The third-order valence-electron chi connectivity index (χ3n) is 5.01. The van der Waals surface area contributed by atoms with Crippen LogP contribution in [0.15, 0.2) is 59.7 Å². The largest absolute Gasteiger partial charge is 0.326 e. The fourth-order valence-electron chi connectivity index (χ4n) is 3.26. The number of hydrogen-bond donors (Lipinski definition) is 3. The number of nitrogens with zero attached hydrogens (tertiary/aromatic N) is 3. The number of aryl methyl sites for hydroxylation is 3. The van der Waals surface area contributed by atoms with Crippen molar-refractivity contribution in [2.75, 3.05) is 10.6 Å². The van der Waals surface area contributed by atoms with Crippen LogP contribution in [0.3, 0.4) is 0 Å². The highest BCUT2D eigenvalue weighted by Crippen LogP contribution is 2.14. The van der Waals surface area contributed by atoms with Crippen molar-refractivity contribution in [2.24, 2.45) is 4.99 Å². The molecule has 0 saturated carbocycles. The average Bonchev–Trinajstić information content (AvgIpc) is 3.13. The Bertz CT molecular complexity index is 1150. The molecule has 0 bridgehead atoms. The molecular weight excluding hydrogens is 416 g/mol. The van der Waals surface area contributed by atoms with Crippen molar-refractivity contribution < 1.29 is 9.59 Å². The van der Waals surface area contributed by atoms with Crippen LogP contribution >= 0.6 is 0 Å². The summed E-state index contributed by atoms with van der Waals surface area (Å²) in [6.07, 6.45) is 3.00. The van der Waals surface area contributed by atoms with Gasteiger partial charge in [0.1, 0.15) is 0 Å². The molecule has 8 nitrogen and oxygen atoms in total. The van der Waals surface area contributed by atoms with Crippen LogP contribution < -0.4 is 16.0 Å². The second-order valence-corrected chi connectivity index (χ2v) is 7.82. The minimum Gasteiger partial charge on any atom is -0.326 e. The summed E-state index contributed by atoms with van der Waals surface area (Å²) in [6, 6.07) is 14.5. The molecule has 0 saturated heterocycles. The summed E-state index contributed by atoms with van der Waals surface area (Å²) in [6.45, 7) is 8.73. The molecular formula is C25H30N6O2. The molecule has 0 unspecified atom stereocenters. The van der Waals surface area contributed by atoms with Gasteiger partial charge in [0, 0.05) is 42.2 Å². The van der Waals surface area contributed by atoms with E-state index in [1.165, 1.54) is 6.92 Å². The van der Waals surface area contributed by atoms with Gasteiger partial charge in [0.05, 0.1) is 12.2 Å². The van der Waals surface area contributed by atoms with Gasteiger partial charge in [-0.15, -0.1) is 0 Å². The summed E-state index contributed by atoms with van der Waals surface area (Å²) < 4.78 is 1.92. The molecule has 0 spiro atoms. The Labute approximate surface area is 194 Å². The number of guanidine groups is 1. The molecule has 0 radical (unpaired) electrons. The number of carbonyl (C=O) groups excluding carboxylic acids is 2. The van der Waals surface area contributed by atoms with E-state index < -0.39 is 0 Å². The molecule has 3 N–H and O–H groups in total. The van der Waals surface area contributed by atoms with Gasteiger partial charge in [0.2, 0.25) is 11.9 Å². The Kier molecular flexibility index (Phi) is 7.96. The van der Waals surface area contributed by atoms with E-state index in [0.717, 1.165) is 35.5 Å². The quantitative estimate of drug-likeness (QED) is 0.373. The first-order valence-electron chi connectivity index (χ1n) is 10.9. The van der Waals surface area contributed by atoms with Crippen molar-refractivity contribution in [1.29, 1.82) is 0 Å². The van der Waals surface area contributed by atoms with Gasteiger partial charge in [0.15, 0.2) is 0 Å². The Morgan fingerprint density at radius 3 is 2.42 bits per heavy atom. The number of nitrogens with one attached hydrogen (secondary N) is 3. The van der Waals surface area contributed by atoms with Crippen LogP contribution in [0.1, 0.15) is 47.4 Å². The minimum atomic E-state index is -0.303. The summed E-state index contributed by atoms with van der Waals surface area (Å²) in [5, 5.41) is 13.3. The molecule has 8 heteroatoms. The van der Waals surface area contributed by atoms with Crippen LogP contribution in [0.2, 0.25) is 0 Å². The number of aliphatic imine (C=N–C) groups is 1. The summed E-state index contributed by atoms with van der Waals surface area (Å²) in [5.41, 5.74) is 4.90. The topological polar surface area (TPSA) is 100 Å². The van der Waals surface area contributed by atoms with Crippen molar-refractivity contribution in [3.05, 3.63) is 77.1 Å². The first kappa shape index (κ1) is 23.7. The lowest BCUT2D eigenvalue weighted by atomic mass is 10.2. The number of rotatable bonds is 7.